The predicted octanol–water partition coefficient (Wildman–Crippen LogP) is 3.19. The topological polar surface area (TPSA) is 59.3 Å². The molecule has 0 heterocycles. The summed E-state index contributed by atoms with van der Waals surface area (Å²) in [4.78, 5) is 11.0. The molecule has 4 heteroatoms. The first kappa shape index (κ1) is 11.9. The lowest BCUT2D eigenvalue weighted by Crippen LogP contribution is -2.09. The van der Waals surface area contributed by atoms with E-state index in [2.05, 4.69) is 4.74 Å². The second-order valence-electron chi connectivity index (χ2n) is 3.69. The Morgan fingerprint density at radius 2 is 1.94 bits per heavy atom. The highest BCUT2D eigenvalue weighted by Gasteiger charge is 2.16. The molecule has 0 aromatic heterocycles. The van der Waals surface area contributed by atoms with Crippen LogP contribution in [0.15, 0.2) is 42.5 Å². The van der Waals surface area contributed by atoms with Gasteiger partial charge in [-0.25, -0.2) is 4.79 Å². The van der Waals surface area contributed by atoms with Gasteiger partial charge in [0, 0.05) is 5.56 Å². The van der Waals surface area contributed by atoms with Crippen LogP contribution < -0.4 is 0 Å². The number of carbonyl (C=O) groups is 1. The average Bonchev–Trinajstić information content (AvgIpc) is 2.44. The Morgan fingerprint density at radius 1 is 1.22 bits per heavy atom. The number of rotatable bonds is 2. The van der Waals surface area contributed by atoms with E-state index in [9.17, 15) is 4.79 Å². The van der Waals surface area contributed by atoms with Crippen molar-refractivity contribution in [1.29, 1.82) is 5.26 Å². The minimum atomic E-state index is -0.956. The van der Waals surface area contributed by atoms with Gasteiger partial charge < -0.3 is 9.47 Å². The zero-order chi connectivity index (χ0) is 13.0. The third-order valence-corrected chi connectivity index (χ3v) is 2.57. The maximum absolute atomic E-state index is 11.0. The quantitative estimate of drug-likeness (QED) is 0.757. The van der Waals surface area contributed by atoms with Crippen molar-refractivity contribution >= 4 is 16.9 Å². The summed E-state index contributed by atoms with van der Waals surface area (Å²) in [7, 11) is 1.21. The van der Waals surface area contributed by atoms with Crippen LogP contribution in [0.25, 0.3) is 10.8 Å². The number of hydrogen-bond donors (Lipinski definition) is 0. The molecule has 0 amide bonds. The maximum Gasteiger partial charge on any atom is 0.509 e. The highest BCUT2D eigenvalue weighted by atomic mass is 16.7. The van der Waals surface area contributed by atoms with Gasteiger partial charge in [-0.1, -0.05) is 36.4 Å². The molecular formula is C14H11NO3. The molecule has 2 aromatic carbocycles. The Balaban J connectivity index is 2.34. The van der Waals surface area contributed by atoms with E-state index in [1.165, 1.54) is 7.11 Å². The van der Waals surface area contributed by atoms with Crippen LogP contribution in [0.4, 0.5) is 4.79 Å². The van der Waals surface area contributed by atoms with E-state index in [4.69, 9.17) is 10.00 Å². The summed E-state index contributed by atoms with van der Waals surface area (Å²) in [5, 5.41) is 11.1. The lowest BCUT2D eigenvalue weighted by atomic mass is 10.0. The molecule has 0 fully saturated rings. The number of carbonyl (C=O) groups excluding carboxylic acids is 1. The van der Waals surface area contributed by atoms with Gasteiger partial charge in [0.15, 0.2) is 0 Å². The molecule has 0 radical (unpaired) electrons. The van der Waals surface area contributed by atoms with Crippen LogP contribution in [-0.4, -0.2) is 13.3 Å². The largest absolute Gasteiger partial charge is 0.509 e. The Labute approximate surface area is 104 Å². The van der Waals surface area contributed by atoms with Crippen LogP contribution in [0.5, 0.6) is 0 Å². The fraction of sp³-hybridized carbons (Fsp3) is 0.143. The van der Waals surface area contributed by atoms with E-state index in [1.807, 2.05) is 42.5 Å². The molecule has 0 aliphatic rings. The van der Waals surface area contributed by atoms with Crippen LogP contribution in [0.3, 0.4) is 0 Å². The molecule has 0 aliphatic heterocycles. The number of benzene rings is 2. The molecule has 0 aliphatic carbocycles. The van der Waals surface area contributed by atoms with Gasteiger partial charge >= 0.3 is 6.16 Å². The molecule has 0 spiro atoms. The van der Waals surface area contributed by atoms with Gasteiger partial charge in [0.2, 0.25) is 6.10 Å². The monoisotopic (exact) mass is 241 g/mol. The number of ether oxygens (including phenoxy) is 2. The number of nitrogens with zero attached hydrogens (tertiary/aromatic N) is 1. The van der Waals surface area contributed by atoms with Gasteiger partial charge in [-0.05, 0) is 16.8 Å². The van der Waals surface area contributed by atoms with Gasteiger partial charge in [0.25, 0.3) is 0 Å². The molecule has 0 unspecified atom stereocenters. The average molecular weight is 241 g/mol. The molecule has 2 rings (SSSR count). The number of methoxy groups -OCH3 is 1. The molecule has 4 nitrogen and oxygen atoms in total. The lowest BCUT2D eigenvalue weighted by molar-refractivity contribution is 0.0544. The number of hydrogen-bond acceptors (Lipinski definition) is 4. The molecular weight excluding hydrogens is 230 g/mol. The maximum atomic E-state index is 11.0. The molecule has 0 saturated heterocycles. The summed E-state index contributed by atoms with van der Waals surface area (Å²) in [6, 6.07) is 15.2. The van der Waals surface area contributed by atoms with Crippen LogP contribution in [0, 0.1) is 11.3 Å². The van der Waals surface area contributed by atoms with E-state index in [-0.39, 0.29) is 0 Å². The van der Waals surface area contributed by atoms with Crippen LogP contribution in [-0.2, 0) is 9.47 Å². The Morgan fingerprint density at radius 3 is 2.61 bits per heavy atom. The fourth-order valence-electron chi connectivity index (χ4n) is 1.68. The van der Waals surface area contributed by atoms with Crippen LogP contribution in [0.1, 0.15) is 11.7 Å². The molecule has 2 aromatic rings. The van der Waals surface area contributed by atoms with Crippen molar-refractivity contribution < 1.29 is 14.3 Å². The van der Waals surface area contributed by atoms with Crippen molar-refractivity contribution in [2.45, 2.75) is 6.10 Å². The first-order chi connectivity index (χ1) is 8.74. The zero-order valence-corrected chi connectivity index (χ0v) is 9.79. The van der Waals surface area contributed by atoms with Crippen LogP contribution in [0.2, 0.25) is 0 Å². The van der Waals surface area contributed by atoms with Crippen molar-refractivity contribution in [3.05, 3.63) is 48.0 Å². The highest BCUT2D eigenvalue weighted by Crippen LogP contribution is 2.22. The van der Waals surface area contributed by atoms with E-state index in [0.717, 1.165) is 10.8 Å². The Bertz CT molecular complexity index is 616. The summed E-state index contributed by atoms with van der Waals surface area (Å²) in [5.41, 5.74) is 0.626. The van der Waals surface area contributed by atoms with Crippen LogP contribution >= 0.6 is 0 Å². The van der Waals surface area contributed by atoms with Crippen molar-refractivity contribution in [3.8, 4) is 6.07 Å². The van der Waals surface area contributed by atoms with Crippen molar-refractivity contribution in [3.63, 3.8) is 0 Å². The summed E-state index contributed by atoms with van der Waals surface area (Å²) < 4.78 is 9.24. The molecule has 90 valence electrons. The third kappa shape index (κ3) is 2.41. The summed E-state index contributed by atoms with van der Waals surface area (Å²) in [5.74, 6) is 0. The smallest absolute Gasteiger partial charge is 0.438 e. The minimum absolute atomic E-state index is 0.626. The third-order valence-electron chi connectivity index (χ3n) is 2.57. The Kier molecular flexibility index (Phi) is 3.44. The Hall–Kier alpha value is -2.54. The number of fused-ring (bicyclic) bond motifs is 1. The second kappa shape index (κ2) is 5.19. The predicted molar refractivity (Wildman–Crippen MR) is 65.8 cm³/mol. The summed E-state index contributed by atoms with van der Waals surface area (Å²) in [6.07, 6.45) is -1.82. The first-order valence-electron chi connectivity index (χ1n) is 5.37. The van der Waals surface area contributed by atoms with Gasteiger partial charge in [-0.3, -0.25) is 0 Å². The summed E-state index contributed by atoms with van der Waals surface area (Å²) >= 11 is 0. The van der Waals surface area contributed by atoms with Crippen molar-refractivity contribution in [2.24, 2.45) is 0 Å². The van der Waals surface area contributed by atoms with Gasteiger partial charge in [-0.2, -0.15) is 5.26 Å². The van der Waals surface area contributed by atoms with Crippen molar-refractivity contribution in [1.82, 2.24) is 0 Å². The van der Waals surface area contributed by atoms with Gasteiger partial charge in [-0.15, -0.1) is 0 Å². The molecule has 1 atom stereocenters. The summed E-state index contributed by atoms with van der Waals surface area (Å²) in [6.45, 7) is 0. The minimum Gasteiger partial charge on any atom is -0.438 e. The zero-order valence-electron chi connectivity index (χ0n) is 9.79. The fourth-order valence-corrected chi connectivity index (χ4v) is 1.68. The highest BCUT2D eigenvalue weighted by molar-refractivity contribution is 5.83. The van der Waals surface area contributed by atoms with E-state index >= 15 is 0 Å². The molecule has 0 saturated carbocycles. The van der Waals surface area contributed by atoms with Gasteiger partial charge in [0.1, 0.15) is 6.07 Å². The normalized spacial score (nSPS) is 11.6. The van der Waals surface area contributed by atoms with Crippen molar-refractivity contribution in [2.75, 3.05) is 7.11 Å². The van der Waals surface area contributed by atoms with E-state index < -0.39 is 12.3 Å². The lowest BCUT2D eigenvalue weighted by Gasteiger charge is -2.10. The SMILES string of the molecule is COC(=O)O[C@H](C#N)c1ccc2ccccc2c1. The molecule has 0 bridgehead atoms. The van der Waals surface area contributed by atoms with E-state index in [0.29, 0.717) is 5.56 Å². The molecule has 0 N–H and O–H groups in total. The number of nitriles is 1. The van der Waals surface area contributed by atoms with E-state index in [1.54, 1.807) is 6.07 Å². The first-order valence-corrected chi connectivity index (χ1v) is 5.37. The van der Waals surface area contributed by atoms with Gasteiger partial charge in [0.05, 0.1) is 7.11 Å². The molecule has 18 heavy (non-hydrogen) atoms. The standard InChI is InChI=1S/C14H11NO3/c1-17-14(16)18-13(9-15)12-7-6-10-4-2-3-5-11(10)8-12/h2-8,13H,1H3/t13-/m1/s1. The second-order valence-corrected chi connectivity index (χ2v) is 3.69.